The van der Waals surface area contributed by atoms with E-state index in [0.29, 0.717) is 24.3 Å². The molecule has 0 fully saturated rings. The van der Waals surface area contributed by atoms with Gasteiger partial charge in [-0.2, -0.15) is 0 Å². The SMILES string of the molecule is CCOc1cncc(C(=O)C2Cc3ccccc3O2)c1. The van der Waals surface area contributed by atoms with E-state index in [-0.39, 0.29) is 5.78 Å². The van der Waals surface area contributed by atoms with Gasteiger partial charge in [-0.1, -0.05) is 18.2 Å². The summed E-state index contributed by atoms with van der Waals surface area (Å²) >= 11 is 0. The van der Waals surface area contributed by atoms with Gasteiger partial charge in [0.2, 0.25) is 5.78 Å². The first-order chi connectivity index (χ1) is 9.78. The van der Waals surface area contributed by atoms with Crippen molar-refractivity contribution in [2.24, 2.45) is 0 Å². The number of para-hydroxylation sites is 1. The van der Waals surface area contributed by atoms with Crippen LogP contribution in [0.4, 0.5) is 0 Å². The van der Waals surface area contributed by atoms with Crippen molar-refractivity contribution in [1.29, 1.82) is 0 Å². The second-order valence-corrected chi connectivity index (χ2v) is 4.62. The number of hydrogen-bond acceptors (Lipinski definition) is 4. The predicted molar refractivity (Wildman–Crippen MR) is 74.3 cm³/mol. The molecule has 0 bridgehead atoms. The summed E-state index contributed by atoms with van der Waals surface area (Å²) in [5.74, 6) is 1.34. The molecule has 1 unspecified atom stereocenters. The number of ether oxygens (including phenoxy) is 2. The van der Waals surface area contributed by atoms with Crippen LogP contribution in [0.5, 0.6) is 11.5 Å². The maximum Gasteiger partial charge on any atom is 0.205 e. The minimum absolute atomic E-state index is 0.0600. The number of ketones is 1. The predicted octanol–water partition coefficient (Wildman–Crippen LogP) is 2.67. The topological polar surface area (TPSA) is 48.4 Å². The summed E-state index contributed by atoms with van der Waals surface area (Å²) in [5.41, 5.74) is 1.59. The molecule has 0 saturated carbocycles. The monoisotopic (exact) mass is 269 g/mol. The van der Waals surface area contributed by atoms with Gasteiger partial charge in [0.05, 0.1) is 12.8 Å². The quantitative estimate of drug-likeness (QED) is 0.801. The van der Waals surface area contributed by atoms with E-state index in [1.165, 1.54) is 0 Å². The van der Waals surface area contributed by atoms with E-state index < -0.39 is 6.10 Å². The summed E-state index contributed by atoms with van der Waals surface area (Å²) in [7, 11) is 0. The summed E-state index contributed by atoms with van der Waals surface area (Å²) in [6.07, 6.45) is 3.29. The van der Waals surface area contributed by atoms with Gasteiger partial charge in [-0.3, -0.25) is 9.78 Å². The third-order valence-corrected chi connectivity index (χ3v) is 3.25. The average Bonchev–Trinajstić information content (AvgIpc) is 2.91. The molecule has 1 aromatic carbocycles. The Morgan fingerprint density at radius 3 is 3.05 bits per heavy atom. The number of hydrogen-bond donors (Lipinski definition) is 0. The van der Waals surface area contributed by atoms with E-state index in [1.807, 2.05) is 31.2 Å². The largest absolute Gasteiger partial charge is 0.492 e. The van der Waals surface area contributed by atoms with Crippen LogP contribution in [0.1, 0.15) is 22.8 Å². The van der Waals surface area contributed by atoms with Crippen LogP contribution in [-0.2, 0) is 6.42 Å². The Morgan fingerprint density at radius 1 is 1.40 bits per heavy atom. The lowest BCUT2D eigenvalue weighted by atomic mass is 10.0. The zero-order valence-electron chi connectivity index (χ0n) is 11.2. The number of nitrogens with zero attached hydrogens (tertiary/aromatic N) is 1. The zero-order chi connectivity index (χ0) is 13.9. The fourth-order valence-corrected chi connectivity index (χ4v) is 2.31. The van der Waals surface area contributed by atoms with E-state index in [2.05, 4.69) is 4.98 Å². The highest BCUT2D eigenvalue weighted by molar-refractivity contribution is 6.00. The van der Waals surface area contributed by atoms with Crippen LogP contribution < -0.4 is 9.47 Å². The van der Waals surface area contributed by atoms with E-state index in [0.717, 1.165) is 11.3 Å². The maximum atomic E-state index is 12.5. The summed E-state index contributed by atoms with van der Waals surface area (Å²) in [5, 5.41) is 0. The average molecular weight is 269 g/mol. The molecule has 0 radical (unpaired) electrons. The smallest absolute Gasteiger partial charge is 0.205 e. The second-order valence-electron chi connectivity index (χ2n) is 4.62. The summed E-state index contributed by atoms with van der Waals surface area (Å²) in [6, 6.07) is 9.44. The number of aromatic nitrogens is 1. The molecule has 0 amide bonds. The van der Waals surface area contributed by atoms with E-state index in [9.17, 15) is 4.79 Å². The highest BCUT2D eigenvalue weighted by Crippen LogP contribution is 2.29. The molecule has 4 heteroatoms. The Morgan fingerprint density at radius 2 is 2.25 bits per heavy atom. The first-order valence-electron chi connectivity index (χ1n) is 6.64. The Balaban J connectivity index is 1.79. The van der Waals surface area contributed by atoms with Crippen molar-refractivity contribution in [2.75, 3.05) is 6.61 Å². The molecule has 1 atom stereocenters. The van der Waals surface area contributed by atoms with Crippen LogP contribution in [0.25, 0.3) is 0 Å². The van der Waals surface area contributed by atoms with Gasteiger partial charge in [-0.05, 0) is 24.6 Å². The van der Waals surface area contributed by atoms with Crippen molar-refractivity contribution in [3.8, 4) is 11.5 Å². The molecule has 0 saturated heterocycles. The summed E-state index contributed by atoms with van der Waals surface area (Å²) < 4.78 is 11.1. The lowest BCUT2D eigenvalue weighted by Gasteiger charge is -2.10. The van der Waals surface area contributed by atoms with Gasteiger partial charge in [0.25, 0.3) is 0 Å². The number of Topliss-reactive ketones (excluding diaryl/α,β-unsaturated/α-hetero) is 1. The fourth-order valence-electron chi connectivity index (χ4n) is 2.31. The molecule has 0 N–H and O–H groups in total. The van der Waals surface area contributed by atoms with E-state index in [4.69, 9.17) is 9.47 Å². The van der Waals surface area contributed by atoms with Crippen LogP contribution in [0.3, 0.4) is 0 Å². The number of fused-ring (bicyclic) bond motifs is 1. The standard InChI is InChI=1S/C16H15NO3/c1-2-19-13-7-12(9-17-10-13)16(18)15-8-11-5-3-4-6-14(11)20-15/h3-7,9-10,15H,2,8H2,1H3. The Labute approximate surface area is 117 Å². The van der Waals surface area contributed by atoms with Gasteiger partial charge < -0.3 is 9.47 Å². The van der Waals surface area contributed by atoms with Crippen molar-refractivity contribution >= 4 is 5.78 Å². The minimum atomic E-state index is -0.467. The molecular formula is C16H15NO3. The molecule has 4 nitrogen and oxygen atoms in total. The van der Waals surface area contributed by atoms with Crippen LogP contribution in [0.15, 0.2) is 42.7 Å². The minimum Gasteiger partial charge on any atom is -0.492 e. The van der Waals surface area contributed by atoms with Crippen LogP contribution >= 0.6 is 0 Å². The normalized spacial score (nSPS) is 16.4. The molecular weight excluding hydrogens is 254 g/mol. The van der Waals surface area contributed by atoms with E-state index >= 15 is 0 Å². The first-order valence-corrected chi connectivity index (χ1v) is 6.64. The Bertz CT molecular complexity index is 614. The van der Waals surface area contributed by atoms with Crippen molar-refractivity contribution in [3.05, 3.63) is 53.9 Å². The van der Waals surface area contributed by atoms with Gasteiger partial charge >= 0.3 is 0 Å². The van der Waals surface area contributed by atoms with Gasteiger partial charge in [0.15, 0.2) is 6.10 Å². The van der Waals surface area contributed by atoms with Crippen molar-refractivity contribution in [3.63, 3.8) is 0 Å². The van der Waals surface area contributed by atoms with Gasteiger partial charge in [-0.25, -0.2) is 0 Å². The molecule has 1 aliphatic rings. The maximum absolute atomic E-state index is 12.5. The number of pyridine rings is 1. The van der Waals surface area contributed by atoms with Crippen LogP contribution in [-0.4, -0.2) is 23.5 Å². The Hall–Kier alpha value is -2.36. The van der Waals surface area contributed by atoms with Crippen LogP contribution in [0, 0.1) is 0 Å². The van der Waals surface area contributed by atoms with Crippen LogP contribution in [0.2, 0.25) is 0 Å². The van der Waals surface area contributed by atoms with Gasteiger partial charge in [-0.15, -0.1) is 0 Å². The van der Waals surface area contributed by atoms with E-state index in [1.54, 1.807) is 18.5 Å². The van der Waals surface area contributed by atoms with Gasteiger partial charge in [0, 0.05) is 18.2 Å². The zero-order valence-corrected chi connectivity index (χ0v) is 11.2. The molecule has 20 heavy (non-hydrogen) atoms. The second kappa shape index (κ2) is 5.33. The van der Waals surface area contributed by atoms with Crippen molar-refractivity contribution in [2.45, 2.75) is 19.4 Å². The van der Waals surface area contributed by atoms with Gasteiger partial charge in [0.1, 0.15) is 11.5 Å². The Kier molecular flexibility index (Phi) is 3.37. The molecule has 1 aliphatic heterocycles. The first kappa shape index (κ1) is 12.7. The molecule has 0 spiro atoms. The summed E-state index contributed by atoms with van der Waals surface area (Å²) in [4.78, 5) is 16.5. The van der Waals surface area contributed by atoms with Crippen molar-refractivity contribution in [1.82, 2.24) is 4.98 Å². The third-order valence-electron chi connectivity index (χ3n) is 3.25. The van der Waals surface area contributed by atoms with Crippen molar-refractivity contribution < 1.29 is 14.3 Å². The summed E-state index contributed by atoms with van der Waals surface area (Å²) in [6.45, 7) is 2.44. The lowest BCUT2D eigenvalue weighted by molar-refractivity contribution is 0.0824. The number of rotatable bonds is 4. The molecule has 2 heterocycles. The molecule has 1 aromatic heterocycles. The fraction of sp³-hybridized carbons (Fsp3) is 0.250. The third kappa shape index (κ3) is 2.37. The molecule has 0 aliphatic carbocycles. The molecule has 2 aromatic rings. The number of carbonyl (C=O) groups excluding carboxylic acids is 1. The number of benzene rings is 1. The molecule has 102 valence electrons. The molecule has 3 rings (SSSR count). The number of carbonyl (C=O) groups is 1. The highest BCUT2D eigenvalue weighted by atomic mass is 16.5. The highest BCUT2D eigenvalue weighted by Gasteiger charge is 2.29. The lowest BCUT2D eigenvalue weighted by Crippen LogP contribution is -2.25.